The van der Waals surface area contributed by atoms with Crippen LogP contribution in [0.25, 0.3) is 22.7 Å². The number of hydrogen-bond donors (Lipinski definition) is 1. The van der Waals surface area contributed by atoms with E-state index in [0.29, 0.717) is 36.1 Å². The highest BCUT2D eigenvalue weighted by molar-refractivity contribution is 5.90. The molecular weight excluding hydrogens is 386 g/mol. The van der Waals surface area contributed by atoms with E-state index in [1.54, 1.807) is 6.08 Å². The Kier molecular flexibility index (Phi) is 6.00. The number of ether oxygens (including phenoxy) is 2. The van der Waals surface area contributed by atoms with Crippen LogP contribution in [-0.2, 0) is 6.61 Å². The normalized spacial score (nSPS) is 11.3. The van der Waals surface area contributed by atoms with Crippen molar-refractivity contribution in [3.63, 3.8) is 0 Å². The molecule has 4 aromatic rings. The predicted molar refractivity (Wildman–Crippen MR) is 123 cm³/mol. The van der Waals surface area contributed by atoms with Crippen LogP contribution in [0.2, 0.25) is 0 Å². The van der Waals surface area contributed by atoms with Crippen LogP contribution in [0.1, 0.15) is 29.4 Å². The molecule has 5 heteroatoms. The SMILES string of the molecule is CCOc1cc(/C=C(\C#N)c2nc3ccccc3[nH]2)ccc1OCc1cccc(C)c1. The van der Waals surface area contributed by atoms with E-state index in [1.807, 2.05) is 61.5 Å². The molecule has 0 unspecified atom stereocenters. The maximum absolute atomic E-state index is 9.69. The maximum Gasteiger partial charge on any atom is 0.161 e. The molecule has 1 N–H and O–H groups in total. The number of aromatic amines is 1. The second-order valence-corrected chi connectivity index (χ2v) is 7.19. The summed E-state index contributed by atoms with van der Waals surface area (Å²) in [4.78, 5) is 7.73. The van der Waals surface area contributed by atoms with Gasteiger partial charge >= 0.3 is 0 Å². The van der Waals surface area contributed by atoms with Crippen LogP contribution in [-0.4, -0.2) is 16.6 Å². The first kappa shape index (κ1) is 20.2. The summed E-state index contributed by atoms with van der Waals surface area (Å²) in [6.45, 7) is 4.97. The zero-order valence-electron chi connectivity index (χ0n) is 17.6. The molecule has 31 heavy (non-hydrogen) atoms. The summed E-state index contributed by atoms with van der Waals surface area (Å²) in [5.74, 6) is 1.86. The van der Waals surface area contributed by atoms with E-state index in [9.17, 15) is 5.26 Å². The van der Waals surface area contributed by atoms with Crippen molar-refractivity contribution < 1.29 is 9.47 Å². The number of para-hydroxylation sites is 2. The fourth-order valence-electron chi connectivity index (χ4n) is 3.37. The summed E-state index contributed by atoms with van der Waals surface area (Å²) in [7, 11) is 0. The average molecular weight is 409 g/mol. The summed E-state index contributed by atoms with van der Waals surface area (Å²) in [6, 6.07) is 23.8. The van der Waals surface area contributed by atoms with Gasteiger partial charge in [-0.2, -0.15) is 5.26 Å². The van der Waals surface area contributed by atoms with Crippen molar-refractivity contribution in [1.29, 1.82) is 5.26 Å². The summed E-state index contributed by atoms with van der Waals surface area (Å²) < 4.78 is 11.8. The fourth-order valence-corrected chi connectivity index (χ4v) is 3.37. The lowest BCUT2D eigenvalue weighted by Gasteiger charge is -2.13. The number of fused-ring (bicyclic) bond motifs is 1. The number of hydrogen-bond acceptors (Lipinski definition) is 4. The molecule has 0 saturated heterocycles. The van der Waals surface area contributed by atoms with E-state index in [1.165, 1.54) is 5.56 Å². The number of allylic oxidation sites excluding steroid dienone is 1. The van der Waals surface area contributed by atoms with E-state index in [0.717, 1.165) is 22.2 Å². The number of nitrogens with zero attached hydrogens (tertiary/aromatic N) is 2. The van der Waals surface area contributed by atoms with Crippen molar-refractivity contribution in [2.75, 3.05) is 6.61 Å². The molecule has 5 nitrogen and oxygen atoms in total. The van der Waals surface area contributed by atoms with Gasteiger partial charge in [-0.1, -0.05) is 48.0 Å². The van der Waals surface area contributed by atoms with Gasteiger partial charge in [0.25, 0.3) is 0 Å². The minimum absolute atomic E-state index is 0.451. The molecule has 0 bridgehead atoms. The Morgan fingerprint density at radius 1 is 1.03 bits per heavy atom. The molecule has 4 rings (SSSR count). The van der Waals surface area contributed by atoms with Crippen molar-refractivity contribution in [3.8, 4) is 17.6 Å². The van der Waals surface area contributed by atoms with E-state index in [-0.39, 0.29) is 0 Å². The Morgan fingerprint density at radius 2 is 1.90 bits per heavy atom. The standard InChI is InChI=1S/C26H23N3O2/c1-3-30-25-15-19(11-12-24(25)31-17-20-8-6-7-18(2)13-20)14-21(16-27)26-28-22-9-4-5-10-23(22)29-26/h4-15H,3,17H2,1-2H3,(H,28,29)/b21-14+. The Labute approximate surface area is 181 Å². The third-order valence-corrected chi connectivity index (χ3v) is 4.82. The molecule has 0 amide bonds. The lowest BCUT2D eigenvalue weighted by molar-refractivity contribution is 0.269. The maximum atomic E-state index is 9.69. The monoisotopic (exact) mass is 409 g/mol. The first-order valence-electron chi connectivity index (χ1n) is 10.2. The zero-order valence-corrected chi connectivity index (χ0v) is 17.6. The van der Waals surface area contributed by atoms with E-state index < -0.39 is 0 Å². The van der Waals surface area contributed by atoms with Crippen molar-refractivity contribution in [3.05, 3.63) is 89.2 Å². The fraction of sp³-hybridized carbons (Fsp3) is 0.154. The highest BCUT2D eigenvalue weighted by Gasteiger charge is 2.10. The number of nitriles is 1. The Balaban J connectivity index is 1.60. The molecule has 1 aromatic heterocycles. The summed E-state index contributed by atoms with van der Waals surface area (Å²) >= 11 is 0. The van der Waals surface area contributed by atoms with E-state index in [4.69, 9.17) is 9.47 Å². The number of aromatic nitrogens is 2. The molecule has 0 fully saturated rings. The number of benzene rings is 3. The van der Waals surface area contributed by atoms with Crippen LogP contribution in [0.5, 0.6) is 11.5 Å². The van der Waals surface area contributed by atoms with Crippen LogP contribution in [0.3, 0.4) is 0 Å². The molecule has 1 heterocycles. The topological polar surface area (TPSA) is 70.9 Å². The largest absolute Gasteiger partial charge is 0.490 e. The third-order valence-electron chi connectivity index (χ3n) is 4.82. The van der Waals surface area contributed by atoms with Gasteiger partial charge in [-0.05, 0) is 55.3 Å². The van der Waals surface area contributed by atoms with Crippen LogP contribution < -0.4 is 9.47 Å². The van der Waals surface area contributed by atoms with Crippen molar-refractivity contribution >= 4 is 22.7 Å². The van der Waals surface area contributed by atoms with Gasteiger partial charge in [0.2, 0.25) is 0 Å². The Bertz CT molecular complexity index is 1250. The number of nitrogens with one attached hydrogen (secondary N) is 1. The molecule has 0 saturated carbocycles. The number of aryl methyl sites for hydroxylation is 1. The molecule has 3 aromatic carbocycles. The van der Waals surface area contributed by atoms with Crippen LogP contribution in [0.15, 0.2) is 66.7 Å². The van der Waals surface area contributed by atoms with E-state index >= 15 is 0 Å². The van der Waals surface area contributed by atoms with Crippen molar-refractivity contribution in [1.82, 2.24) is 9.97 Å². The van der Waals surface area contributed by atoms with Gasteiger partial charge in [-0.25, -0.2) is 4.98 Å². The molecule has 0 spiro atoms. The number of H-pyrrole nitrogens is 1. The van der Waals surface area contributed by atoms with Gasteiger partial charge in [0.05, 0.1) is 23.2 Å². The first-order chi connectivity index (χ1) is 15.2. The second-order valence-electron chi connectivity index (χ2n) is 7.19. The predicted octanol–water partition coefficient (Wildman–Crippen LogP) is 5.91. The molecule has 0 aliphatic rings. The highest BCUT2D eigenvalue weighted by atomic mass is 16.5. The summed E-state index contributed by atoms with van der Waals surface area (Å²) in [6.07, 6.45) is 1.80. The quantitative estimate of drug-likeness (QED) is 0.385. The van der Waals surface area contributed by atoms with Crippen LogP contribution in [0.4, 0.5) is 0 Å². The average Bonchev–Trinajstić information content (AvgIpc) is 3.21. The zero-order chi connectivity index (χ0) is 21.6. The smallest absolute Gasteiger partial charge is 0.161 e. The van der Waals surface area contributed by atoms with Gasteiger partial charge in [0.15, 0.2) is 11.5 Å². The summed E-state index contributed by atoms with van der Waals surface area (Å²) in [5.41, 5.74) is 5.31. The van der Waals surface area contributed by atoms with Gasteiger partial charge in [-0.3, -0.25) is 0 Å². The van der Waals surface area contributed by atoms with Gasteiger partial charge in [-0.15, -0.1) is 0 Å². The lowest BCUT2D eigenvalue weighted by atomic mass is 10.1. The van der Waals surface area contributed by atoms with Crippen LogP contribution in [0, 0.1) is 18.3 Å². The second kappa shape index (κ2) is 9.19. The first-order valence-corrected chi connectivity index (χ1v) is 10.2. The van der Waals surface area contributed by atoms with Gasteiger partial charge < -0.3 is 14.5 Å². The lowest BCUT2D eigenvalue weighted by Crippen LogP contribution is -2.00. The Morgan fingerprint density at radius 3 is 2.68 bits per heavy atom. The Hall–Kier alpha value is -4.04. The minimum Gasteiger partial charge on any atom is -0.490 e. The van der Waals surface area contributed by atoms with Crippen molar-refractivity contribution in [2.24, 2.45) is 0 Å². The molecule has 0 radical (unpaired) electrons. The molecule has 154 valence electrons. The highest BCUT2D eigenvalue weighted by Crippen LogP contribution is 2.31. The third kappa shape index (κ3) is 4.76. The van der Waals surface area contributed by atoms with E-state index in [2.05, 4.69) is 35.1 Å². The number of imidazole rings is 1. The minimum atomic E-state index is 0.451. The molecule has 0 aliphatic carbocycles. The van der Waals surface area contributed by atoms with Crippen LogP contribution >= 0.6 is 0 Å². The van der Waals surface area contributed by atoms with Crippen molar-refractivity contribution in [2.45, 2.75) is 20.5 Å². The van der Waals surface area contributed by atoms with Gasteiger partial charge in [0, 0.05) is 0 Å². The molecular formula is C26H23N3O2. The molecule has 0 aliphatic heterocycles. The summed E-state index contributed by atoms with van der Waals surface area (Å²) in [5, 5.41) is 9.69. The van der Waals surface area contributed by atoms with Gasteiger partial charge in [0.1, 0.15) is 18.5 Å². The molecule has 0 atom stereocenters. The number of rotatable bonds is 7.